The highest BCUT2D eigenvalue weighted by Crippen LogP contribution is 2.15. The van der Waals surface area contributed by atoms with E-state index in [1.165, 1.54) is 31.6 Å². The molecule has 0 aromatic carbocycles. The van der Waals surface area contributed by atoms with E-state index in [1.54, 1.807) is 10.5 Å². The lowest BCUT2D eigenvalue weighted by Gasteiger charge is -2.13. The molecule has 0 saturated carbocycles. The number of fused-ring (bicyclic) bond motifs is 1. The average Bonchev–Trinajstić information content (AvgIpc) is 2.69. The fourth-order valence-electron chi connectivity index (χ4n) is 1.57. The van der Waals surface area contributed by atoms with Gasteiger partial charge < -0.3 is 0 Å². The molecule has 0 fully saturated rings. The zero-order valence-corrected chi connectivity index (χ0v) is 10.6. The Morgan fingerprint density at radius 2 is 2.18 bits per heavy atom. The third-order valence-electron chi connectivity index (χ3n) is 2.51. The molecule has 2 aromatic heterocycles. The van der Waals surface area contributed by atoms with Crippen LogP contribution in [0.1, 0.15) is 16.1 Å². The van der Waals surface area contributed by atoms with Crippen molar-refractivity contribution >= 4 is 22.1 Å². The van der Waals surface area contributed by atoms with Crippen LogP contribution < -0.4 is 5.56 Å². The second-order valence-electron chi connectivity index (χ2n) is 3.62. The van der Waals surface area contributed by atoms with Crippen LogP contribution in [0.3, 0.4) is 0 Å². The summed E-state index contributed by atoms with van der Waals surface area (Å²) in [4.78, 5) is 29.2. The number of amides is 1. The van der Waals surface area contributed by atoms with Crippen molar-refractivity contribution < 1.29 is 9.63 Å². The number of nitrogens with zero attached hydrogens (tertiary/aromatic N) is 2. The molecule has 6 heteroatoms. The summed E-state index contributed by atoms with van der Waals surface area (Å²) in [5.74, 6) is -0.335. The van der Waals surface area contributed by atoms with Crippen LogP contribution in [-0.4, -0.2) is 29.5 Å². The molecule has 0 atom stereocenters. The number of aryl methyl sites for hydroxylation is 1. The molecule has 90 valence electrons. The number of pyridine rings is 1. The Labute approximate surface area is 102 Å². The fourth-order valence-corrected chi connectivity index (χ4v) is 2.50. The van der Waals surface area contributed by atoms with Gasteiger partial charge in [-0.25, -0.2) is 5.06 Å². The molecule has 2 heterocycles. The van der Waals surface area contributed by atoms with Crippen LogP contribution in [0.5, 0.6) is 0 Å². The van der Waals surface area contributed by atoms with Crippen LogP contribution in [-0.2, 0) is 4.84 Å². The molecule has 1 amide bonds. The molecule has 0 bridgehead atoms. The molecule has 17 heavy (non-hydrogen) atoms. The molecular weight excluding hydrogens is 240 g/mol. The van der Waals surface area contributed by atoms with Gasteiger partial charge in [-0.1, -0.05) is 0 Å². The van der Waals surface area contributed by atoms with Gasteiger partial charge in [0.15, 0.2) is 0 Å². The number of hydrogen-bond donors (Lipinski definition) is 0. The summed E-state index contributed by atoms with van der Waals surface area (Å²) >= 11 is 1.43. The molecule has 0 radical (unpaired) electrons. The molecule has 0 saturated heterocycles. The maximum Gasteiger partial charge on any atom is 0.277 e. The van der Waals surface area contributed by atoms with E-state index in [1.807, 2.05) is 12.3 Å². The Morgan fingerprint density at radius 3 is 2.82 bits per heavy atom. The van der Waals surface area contributed by atoms with Crippen LogP contribution in [0.4, 0.5) is 0 Å². The molecule has 0 spiro atoms. The lowest BCUT2D eigenvalue weighted by molar-refractivity contribution is -0.0757. The minimum Gasteiger partial charge on any atom is -0.274 e. The average molecular weight is 252 g/mol. The number of carbonyl (C=O) groups excluding carboxylic acids is 1. The van der Waals surface area contributed by atoms with Crippen molar-refractivity contribution in [1.82, 2.24) is 9.46 Å². The molecule has 0 N–H and O–H groups in total. The summed E-state index contributed by atoms with van der Waals surface area (Å²) in [5.41, 5.74) is 1.00. The number of hydroxylamine groups is 2. The highest BCUT2D eigenvalue weighted by Gasteiger charge is 2.14. The SMILES string of the molecule is CON(C)C(=O)c1cc(=O)n2c(C)csc2c1. The van der Waals surface area contributed by atoms with Crippen molar-refractivity contribution in [1.29, 1.82) is 0 Å². The summed E-state index contributed by atoms with van der Waals surface area (Å²) in [6, 6.07) is 3.02. The van der Waals surface area contributed by atoms with E-state index in [0.717, 1.165) is 15.6 Å². The van der Waals surface area contributed by atoms with E-state index in [-0.39, 0.29) is 11.5 Å². The Kier molecular flexibility index (Phi) is 2.99. The van der Waals surface area contributed by atoms with Crippen molar-refractivity contribution in [3.8, 4) is 0 Å². The maximum absolute atomic E-state index is 11.9. The van der Waals surface area contributed by atoms with Crippen molar-refractivity contribution in [2.45, 2.75) is 6.92 Å². The van der Waals surface area contributed by atoms with E-state index < -0.39 is 0 Å². The van der Waals surface area contributed by atoms with E-state index in [2.05, 4.69) is 0 Å². The molecule has 2 rings (SSSR count). The highest BCUT2D eigenvalue weighted by atomic mass is 32.1. The van der Waals surface area contributed by atoms with E-state index in [4.69, 9.17) is 4.84 Å². The van der Waals surface area contributed by atoms with E-state index >= 15 is 0 Å². The van der Waals surface area contributed by atoms with E-state index in [9.17, 15) is 9.59 Å². The van der Waals surface area contributed by atoms with Crippen LogP contribution in [0, 0.1) is 6.92 Å². The summed E-state index contributed by atoms with van der Waals surface area (Å²) in [6.45, 7) is 1.85. The fraction of sp³-hybridized carbons (Fsp3) is 0.273. The quantitative estimate of drug-likeness (QED) is 0.757. The molecular formula is C11H12N2O3S. The standard InChI is InChI=1S/C11H12N2O3S/c1-7-6-17-10-5-8(4-9(14)13(7)10)11(15)12(2)16-3/h4-6H,1-3H3. The van der Waals surface area contributed by atoms with Gasteiger partial charge in [0, 0.05) is 24.2 Å². The van der Waals surface area contributed by atoms with E-state index in [0.29, 0.717) is 5.56 Å². The first-order valence-corrected chi connectivity index (χ1v) is 5.85. The van der Waals surface area contributed by atoms with Gasteiger partial charge in [0.05, 0.1) is 12.7 Å². The minimum atomic E-state index is -0.335. The first kappa shape index (κ1) is 11.8. The number of thiazole rings is 1. The summed E-state index contributed by atoms with van der Waals surface area (Å²) < 4.78 is 1.58. The zero-order valence-electron chi connectivity index (χ0n) is 9.76. The number of rotatable bonds is 2. The van der Waals surface area contributed by atoms with Crippen molar-refractivity contribution in [2.75, 3.05) is 14.2 Å². The Hall–Kier alpha value is -1.66. The minimum absolute atomic E-state index is 0.200. The molecule has 0 aliphatic heterocycles. The third-order valence-corrected chi connectivity index (χ3v) is 3.51. The van der Waals surface area contributed by atoms with Gasteiger partial charge >= 0.3 is 0 Å². The lowest BCUT2D eigenvalue weighted by Crippen LogP contribution is -2.27. The first-order chi connectivity index (χ1) is 8.04. The first-order valence-electron chi connectivity index (χ1n) is 4.97. The highest BCUT2D eigenvalue weighted by molar-refractivity contribution is 7.15. The molecule has 2 aromatic rings. The van der Waals surface area contributed by atoms with Gasteiger partial charge in [0.1, 0.15) is 4.83 Å². The zero-order chi connectivity index (χ0) is 12.6. The smallest absolute Gasteiger partial charge is 0.274 e. The monoisotopic (exact) mass is 252 g/mol. The maximum atomic E-state index is 11.9. The molecule has 5 nitrogen and oxygen atoms in total. The third kappa shape index (κ3) is 1.96. The van der Waals surface area contributed by atoms with Crippen molar-refractivity contribution in [3.63, 3.8) is 0 Å². The molecule has 0 aliphatic rings. The van der Waals surface area contributed by atoms with Gasteiger partial charge in [0.2, 0.25) is 0 Å². The molecule has 0 aliphatic carbocycles. The normalized spacial score (nSPS) is 10.8. The molecule has 0 unspecified atom stereocenters. The van der Waals surface area contributed by atoms with Crippen LogP contribution >= 0.6 is 11.3 Å². The lowest BCUT2D eigenvalue weighted by atomic mass is 10.2. The topological polar surface area (TPSA) is 51.0 Å². The van der Waals surface area contributed by atoms with Gasteiger partial charge in [-0.2, -0.15) is 0 Å². The van der Waals surface area contributed by atoms with Gasteiger partial charge in [0.25, 0.3) is 11.5 Å². The Balaban J connectivity index is 2.58. The number of aromatic nitrogens is 1. The summed E-state index contributed by atoms with van der Waals surface area (Å²) in [7, 11) is 2.91. The van der Waals surface area contributed by atoms with Gasteiger partial charge in [-0.05, 0) is 13.0 Å². The summed E-state index contributed by atoms with van der Waals surface area (Å²) in [6.07, 6.45) is 0. The van der Waals surface area contributed by atoms with Crippen molar-refractivity contribution in [3.05, 3.63) is 39.1 Å². The van der Waals surface area contributed by atoms with Gasteiger partial charge in [-0.15, -0.1) is 11.3 Å². The van der Waals surface area contributed by atoms with Crippen molar-refractivity contribution in [2.24, 2.45) is 0 Å². The predicted molar refractivity (Wildman–Crippen MR) is 65.4 cm³/mol. The Morgan fingerprint density at radius 1 is 1.47 bits per heavy atom. The predicted octanol–water partition coefficient (Wildman–Crippen LogP) is 1.30. The Bertz CT molecular complexity index is 629. The van der Waals surface area contributed by atoms with Crippen LogP contribution in [0.15, 0.2) is 22.3 Å². The second kappa shape index (κ2) is 4.31. The largest absolute Gasteiger partial charge is 0.277 e. The van der Waals surface area contributed by atoms with Crippen LogP contribution in [0.25, 0.3) is 4.83 Å². The number of carbonyl (C=O) groups is 1. The second-order valence-corrected chi connectivity index (χ2v) is 4.51. The van der Waals surface area contributed by atoms with Crippen LogP contribution in [0.2, 0.25) is 0 Å². The number of hydrogen-bond acceptors (Lipinski definition) is 4. The summed E-state index contributed by atoms with van der Waals surface area (Å²) in [5, 5.41) is 2.97. The van der Waals surface area contributed by atoms with Gasteiger partial charge in [-0.3, -0.25) is 18.8 Å².